The quantitative estimate of drug-likeness (QED) is 0.484. The van der Waals surface area contributed by atoms with Gasteiger partial charge >= 0.3 is 0 Å². The minimum absolute atomic E-state index is 0. The molecular formula is C18H28Cl2O2S2. The van der Waals surface area contributed by atoms with Crippen LogP contribution in [0, 0.1) is 0 Å². The Kier molecular flexibility index (Phi) is 10.1. The lowest BCUT2D eigenvalue weighted by atomic mass is 10.1. The Morgan fingerprint density at radius 3 is 1.33 bits per heavy atom. The molecule has 0 atom stereocenters. The van der Waals surface area contributed by atoms with Gasteiger partial charge in [-0.1, -0.05) is 0 Å². The van der Waals surface area contributed by atoms with Crippen LogP contribution in [0.5, 0.6) is 11.5 Å². The van der Waals surface area contributed by atoms with Crippen LogP contribution in [-0.2, 0) is 33.3 Å². The van der Waals surface area contributed by atoms with Gasteiger partial charge in [0.25, 0.3) is 0 Å². The van der Waals surface area contributed by atoms with Gasteiger partial charge in [-0.3, -0.25) is 0 Å². The monoisotopic (exact) mass is 410 g/mol. The van der Waals surface area contributed by atoms with Crippen molar-refractivity contribution < 1.29 is 34.3 Å². The summed E-state index contributed by atoms with van der Waals surface area (Å²) in [5, 5.41) is 0. The van der Waals surface area contributed by atoms with Gasteiger partial charge in [0, 0.05) is 11.1 Å². The summed E-state index contributed by atoms with van der Waals surface area (Å²) in [4.78, 5) is 0. The van der Waals surface area contributed by atoms with Crippen LogP contribution in [0.3, 0.4) is 0 Å². The third kappa shape index (κ3) is 5.55. The number of halogens is 2. The first-order chi connectivity index (χ1) is 10.8. The second-order valence-corrected chi connectivity index (χ2v) is 10.9. The van der Waals surface area contributed by atoms with Gasteiger partial charge in [-0.25, -0.2) is 0 Å². The van der Waals surface area contributed by atoms with Crippen molar-refractivity contribution in [2.45, 2.75) is 37.2 Å². The average Bonchev–Trinajstić information content (AvgIpc) is 3.22. The molecule has 6 heteroatoms. The predicted octanol–water partition coefficient (Wildman–Crippen LogP) is -2.46. The Balaban J connectivity index is 0.00000144. The molecule has 0 amide bonds. The first-order valence-corrected chi connectivity index (χ1v) is 11.8. The second kappa shape index (κ2) is 10.9. The molecule has 2 nitrogen and oxygen atoms in total. The molecule has 2 fully saturated rings. The number of methoxy groups -OCH3 is 2. The molecule has 2 aliphatic rings. The summed E-state index contributed by atoms with van der Waals surface area (Å²) in [6.45, 7) is 0. The van der Waals surface area contributed by atoms with Crippen LogP contribution in [0.25, 0.3) is 0 Å². The van der Waals surface area contributed by atoms with Gasteiger partial charge in [0.1, 0.15) is 46.0 Å². The van der Waals surface area contributed by atoms with Crippen molar-refractivity contribution in [3.8, 4) is 11.5 Å². The summed E-state index contributed by atoms with van der Waals surface area (Å²) in [6, 6.07) is 4.53. The fourth-order valence-corrected chi connectivity index (χ4v) is 8.17. The van der Waals surface area contributed by atoms with Crippen LogP contribution in [0.15, 0.2) is 12.1 Å². The van der Waals surface area contributed by atoms with Crippen molar-refractivity contribution in [2.75, 3.05) is 37.2 Å². The van der Waals surface area contributed by atoms with Crippen molar-refractivity contribution in [1.29, 1.82) is 0 Å². The van der Waals surface area contributed by atoms with Crippen LogP contribution < -0.4 is 34.3 Å². The van der Waals surface area contributed by atoms with E-state index in [1.54, 1.807) is 0 Å². The number of benzene rings is 1. The Bertz CT molecular complexity index is 456. The third-order valence-electron chi connectivity index (χ3n) is 4.63. The number of hydrogen-bond acceptors (Lipinski definition) is 2. The van der Waals surface area contributed by atoms with E-state index in [0.29, 0.717) is 21.8 Å². The topological polar surface area (TPSA) is 18.5 Å². The maximum absolute atomic E-state index is 5.71. The van der Waals surface area contributed by atoms with Crippen LogP contribution in [0.2, 0.25) is 0 Å². The lowest BCUT2D eigenvalue weighted by Crippen LogP contribution is -3.00. The molecule has 1 aromatic carbocycles. The zero-order valence-electron chi connectivity index (χ0n) is 14.6. The smallest absolute Gasteiger partial charge is 0.136 e. The fraction of sp³-hybridized carbons (Fsp3) is 0.667. The molecule has 2 aliphatic heterocycles. The van der Waals surface area contributed by atoms with E-state index in [2.05, 4.69) is 12.1 Å². The molecule has 3 rings (SSSR count). The van der Waals surface area contributed by atoms with Crippen molar-refractivity contribution in [3.63, 3.8) is 0 Å². The van der Waals surface area contributed by atoms with Crippen LogP contribution in [0.4, 0.5) is 0 Å². The van der Waals surface area contributed by atoms with Crippen LogP contribution in [0.1, 0.15) is 36.8 Å². The summed E-state index contributed by atoms with van der Waals surface area (Å²) in [6.07, 6.45) is 5.62. The molecule has 0 aromatic heterocycles. The molecule has 0 radical (unpaired) electrons. The summed E-state index contributed by atoms with van der Waals surface area (Å²) in [7, 11) is 4.73. The SMILES string of the molecule is COc1cc(C[S+]2CCCC2)c(OC)cc1C[S+]1CCCC1.[Cl-].[Cl-]. The second-order valence-electron chi connectivity index (χ2n) is 6.22. The molecule has 0 spiro atoms. The van der Waals surface area contributed by atoms with E-state index in [4.69, 9.17) is 9.47 Å². The lowest BCUT2D eigenvalue weighted by molar-refractivity contribution is -0.00100. The molecule has 2 saturated heterocycles. The van der Waals surface area contributed by atoms with Crippen molar-refractivity contribution in [3.05, 3.63) is 23.3 Å². The standard InChI is InChI=1S/C18H28O2S2.2ClH/c1-19-17-11-16(14-22-9-5-6-10-22)18(20-2)12-15(17)13-21-7-3-4-8-21;;/h11-12H,3-10,13-14H2,1-2H3;2*1H/q+2;;/p-2. The van der Waals surface area contributed by atoms with E-state index in [1.165, 1.54) is 71.3 Å². The predicted molar refractivity (Wildman–Crippen MR) is 99.6 cm³/mol. The molecule has 0 aliphatic carbocycles. The normalized spacial score (nSPS) is 18.1. The van der Waals surface area contributed by atoms with Crippen LogP contribution in [-0.4, -0.2) is 37.2 Å². The minimum Gasteiger partial charge on any atom is -1.00 e. The van der Waals surface area contributed by atoms with Gasteiger partial charge < -0.3 is 34.3 Å². The third-order valence-corrected chi connectivity index (χ3v) is 9.54. The number of hydrogen-bond donors (Lipinski definition) is 0. The molecule has 0 saturated carbocycles. The van der Waals surface area contributed by atoms with Crippen molar-refractivity contribution in [2.24, 2.45) is 0 Å². The highest BCUT2D eigenvalue weighted by Crippen LogP contribution is 2.34. The zero-order chi connectivity index (χ0) is 15.4. The number of ether oxygens (including phenoxy) is 2. The van der Waals surface area contributed by atoms with Crippen molar-refractivity contribution in [1.82, 2.24) is 0 Å². The molecular weight excluding hydrogens is 383 g/mol. The van der Waals surface area contributed by atoms with Crippen LogP contribution >= 0.6 is 0 Å². The summed E-state index contributed by atoms with van der Waals surface area (Å²) in [5.74, 6) is 10.1. The van der Waals surface area contributed by atoms with E-state index in [-0.39, 0.29) is 24.8 Å². The van der Waals surface area contributed by atoms with E-state index < -0.39 is 0 Å². The average molecular weight is 411 g/mol. The molecule has 24 heavy (non-hydrogen) atoms. The molecule has 2 heterocycles. The van der Waals surface area contributed by atoms with Gasteiger partial charge in [-0.2, -0.15) is 0 Å². The maximum atomic E-state index is 5.71. The van der Waals surface area contributed by atoms with E-state index in [1.807, 2.05) is 14.2 Å². The first-order valence-electron chi connectivity index (χ1n) is 8.32. The summed E-state index contributed by atoms with van der Waals surface area (Å²) < 4.78 is 11.4. The van der Waals surface area contributed by atoms with E-state index in [9.17, 15) is 0 Å². The van der Waals surface area contributed by atoms with E-state index in [0.717, 1.165) is 11.5 Å². The Labute approximate surface area is 165 Å². The Morgan fingerprint density at radius 1 is 0.708 bits per heavy atom. The highest BCUT2D eigenvalue weighted by molar-refractivity contribution is 7.96. The summed E-state index contributed by atoms with van der Waals surface area (Å²) in [5.41, 5.74) is 2.70. The Hall–Kier alpha value is 0.1000. The molecule has 0 unspecified atom stereocenters. The molecule has 1 aromatic rings. The van der Waals surface area contributed by atoms with Gasteiger partial charge in [0.05, 0.1) is 14.2 Å². The van der Waals surface area contributed by atoms with Gasteiger partial charge in [0.2, 0.25) is 0 Å². The Morgan fingerprint density at radius 2 is 1.04 bits per heavy atom. The summed E-state index contributed by atoms with van der Waals surface area (Å²) >= 11 is 0. The van der Waals surface area contributed by atoms with Gasteiger partial charge in [-0.05, 0) is 59.6 Å². The lowest BCUT2D eigenvalue weighted by Gasteiger charge is -2.14. The fourth-order valence-electron chi connectivity index (χ4n) is 3.41. The first kappa shape index (κ1) is 22.1. The zero-order valence-corrected chi connectivity index (χ0v) is 17.8. The molecule has 138 valence electrons. The highest BCUT2D eigenvalue weighted by Gasteiger charge is 2.29. The highest BCUT2D eigenvalue weighted by atomic mass is 35.5. The van der Waals surface area contributed by atoms with Crippen molar-refractivity contribution >= 4 is 21.8 Å². The minimum atomic E-state index is 0. The van der Waals surface area contributed by atoms with E-state index >= 15 is 0 Å². The maximum Gasteiger partial charge on any atom is 0.136 e. The molecule has 0 N–H and O–H groups in total. The number of rotatable bonds is 6. The van der Waals surface area contributed by atoms with Gasteiger partial charge in [0.15, 0.2) is 0 Å². The largest absolute Gasteiger partial charge is 1.00 e. The molecule has 0 bridgehead atoms. The van der Waals surface area contributed by atoms with Gasteiger partial charge in [-0.15, -0.1) is 0 Å².